The summed E-state index contributed by atoms with van der Waals surface area (Å²) in [4.78, 5) is 25.7. The lowest BCUT2D eigenvalue weighted by Gasteiger charge is -2.19. The number of nitrogen functional groups attached to an aromatic ring is 1. The minimum atomic E-state index is -0.533. The molecule has 3 aromatic carbocycles. The van der Waals surface area contributed by atoms with Gasteiger partial charge in [-0.05, 0) is 48.4 Å². The summed E-state index contributed by atoms with van der Waals surface area (Å²) in [5.74, 6) is -0.824. The summed E-state index contributed by atoms with van der Waals surface area (Å²) < 4.78 is 1.38. The highest BCUT2D eigenvalue weighted by Crippen LogP contribution is 2.27. The number of allylic oxidation sites excluding steroid dienone is 1. The van der Waals surface area contributed by atoms with Crippen LogP contribution in [0.25, 0.3) is 10.9 Å². The van der Waals surface area contributed by atoms with Crippen LogP contribution in [0.3, 0.4) is 0 Å². The van der Waals surface area contributed by atoms with Crippen molar-refractivity contribution in [2.75, 3.05) is 11.1 Å². The maximum Gasteiger partial charge on any atom is 0.265 e. The van der Waals surface area contributed by atoms with Crippen molar-refractivity contribution in [3.63, 3.8) is 0 Å². The number of benzene rings is 3. The van der Waals surface area contributed by atoms with Crippen molar-refractivity contribution >= 4 is 28.1 Å². The van der Waals surface area contributed by atoms with Gasteiger partial charge in [-0.1, -0.05) is 54.6 Å². The molecular weight excluding hydrogens is 414 g/mol. The number of aromatic hydroxyl groups is 1. The van der Waals surface area contributed by atoms with E-state index >= 15 is 0 Å². The monoisotopic (exact) mass is 439 g/mol. The van der Waals surface area contributed by atoms with Gasteiger partial charge < -0.3 is 20.7 Å². The molecule has 0 bridgehead atoms. The van der Waals surface area contributed by atoms with Crippen LogP contribution in [0.4, 0.5) is 11.4 Å². The van der Waals surface area contributed by atoms with E-state index in [2.05, 4.69) is 5.32 Å². The van der Waals surface area contributed by atoms with Crippen LogP contribution in [0.5, 0.6) is 5.75 Å². The van der Waals surface area contributed by atoms with Crippen molar-refractivity contribution in [1.29, 1.82) is 0 Å². The fourth-order valence-electron chi connectivity index (χ4n) is 3.89. The Bertz CT molecular complexity index is 1390. The smallest absolute Gasteiger partial charge is 0.265 e. The molecule has 4 rings (SSSR count). The van der Waals surface area contributed by atoms with Crippen molar-refractivity contribution in [3.05, 3.63) is 112 Å². The molecule has 1 aromatic heterocycles. The second-order valence-corrected chi connectivity index (χ2v) is 7.84. The third-order valence-electron chi connectivity index (χ3n) is 5.59. The number of ketones is 1. The van der Waals surface area contributed by atoms with E-state index in [0.717, 1.165) is 11.3 Å². The molecule has 33 heavy (non-hydrogen) atoms. The number of aryl methyl sites for hydroxylation is 1. The Hall–Kier alpha value is -4.32. The third-order valence-corrected chi connectivity index (χ3v) is 5.59. The van der Waals surface area contributed by atoms with Crippen LogP contribution in [0.2, 0.25) is 0 Å². The zero-order valence-electron chi connectivity index (χ0n) is 18.2. The Morgan fingerprint density at radius 2 is 1.79 bits per heavy atom. The number of nitrogens with two attached hydrogens (primary N) is 1. The first kappa shape index (κ1) is 21.9. The summed E-state index contributed by atoms with van der Waals surface area (Å²) in [6.07, 6.45) is 3.55. The number of rotatable bonds is 7. The van der Waals surface area contributed by atoms with E-state index in [-0.39, 0.29) is 17.4 Å². The van der Waals surface area contributed by atoms with Crippen LogP contribution in [-0.2, 0) is 7.05 Å². The summed E-state index contributed by atoms with van der Waals surface area (Å²) in [5.41, 5.74) is 8.27. The van der Waals surface area contributed by atoms with Crippen LogP contribution >= 0.6 is 0 Å². The molecular formula is C27H25N3O3. The molecule has 0 aliphatic carbocycles. The van der Waals surface area contributed by atoms with Gasteiger partial charge in [0.15, 0.2) is 5.78 Å². The van der Waals surface area contributed by atoms with Gasteiger partial charge in [0.05, 0.1) is 11.6 Å². The van der Waals surface area contributed by atoms with Crippen LogP contribution in [-0.4, -0.2) is 15.5 Å². The second-order valence-electron chi connectivity index (χ2n) is 7.84. The second kappa shape index (κ2) is 9.44. The summed E-state index contributed by atoms with van der Waals surface area (Å²) in [5, 5.41) is 14.5. The van der Waals surface area contributed by atoms with Crippen molar-refractivity contribution in [2.45, 2.75) is 12.5 Å². The number of aromatic nitrogens is 1. The number of hydrogen-bond acceptors (Lipinski definition) is 5. The maximum atomic E-state index is 12.9. The third kappa shape index (κ3) is 4.65. The summed E-state index contributed by atoms with van der Waals surface area (Å²) in [6.45, 7) is 0. The van der Waals surface area contributed by atoms with Crippen LogP contribution in [0.1, 0.15) is 28.4 Å². The normalized spacial score (nSPS) is 12.2. The number of nitrogens with one attached hydrogen (secondary N) is 1. The van der Waals surface area contributed by atoms with E-state index in [1.165, 1.54) is 10.6 Å². The topological polar surface area (TPSA) is 97.4 Å². The molecule has 4 aromatic rings. The van der Waals surface area contributed by atoms with Crippen molar-refractivity contribution < 1.29 is 9.90 Å². The highest BCUT2D eigenvalue weighted by Gasteiger charge is 2.19. The Morgan fingerprint density at radius 3 is 2.55 bits per heavy atom. The van der Waals surface area contributed by atoms with Crippen molar-refractivity contribution in [3.8, 4) is 5.75 Å². The predicted octanol–water partition coefficient (Wildman–Crippen LogP) is 4.81. The highest BCUT2D eigenvalue weighted by molar-refractivity contribution is 6.09. The van der Waals surface area contributed by atoms with Gasteiger partial charge in [-0.25, -0.2) is 0 Å². The number of fused-ring (bicyclic) bond motifs is 1. The van der Waals surface area contributed by atoms with E-state index in [0.29, 0.717) is 23.0 Å². The van der Waals surface area contributed by atoms with E-state index in [1.54, 1.807) is 37.4 Å². The molecule has 1 heterocycles. The molecule has 166 valence electrons. The minimum Gasteiger partial charge on any atom is -0.506 e. The lowest BCUT2D eigenvalue weighted by atomic mass is 10.0. The van der Waals surface area contributed by atoms with Gasteiger partial charge in [0.2, 0.25) is 0 Å². The molecule has 0 aliphatic heterocycles. The van der Waals surface area contributed by atoms with E-state index in [9.17, 15) is 14.7 Å². The van der Waals surface area contributed by atoms with Gasteiger partial charge >= 0.3 is 0 Å². The zero-order valence-corrected chi connectivity index (χ0v) is 18.2. The molecule has 0 saturated heterocycles. The SMILES string of the molecule is Cn1c(=O)c(C(=O)C=CCC(Nc2cccc(N)c2)c2ccccc2)c(O)c2ccccc21. The molecule has 0 amide bonds. The lowest BCUT2D eigenvalue weighted by Crippen LogP contribution is -2.24. The number of anilines is 2. The Morgan fingerprint density at radius 1 is 1.06 bits per heavy atom. The fraction of sp³-hybridized carbons (Fsp3) is 0.111. The molecule has 4 N–H and O–H groups in total. The standard InChI is InChI=1S/C27H25N3O3/c1-30-23-15-6-5-13-21(23)26(32)25(27(30)33)24(31)16-8-14-22(18-9-3-2-4-10-18)29-20-12-7-11-19(28)17-20/h2-13,15-17,22,29,32H,14,28H2,1H3. The highest BCUT2D eigenvalue weighted by atomic mass is 16.3. The fourth-order valence-corrected chi connectivity index (χ4v) is 3.89. The average molecular weight is 440 g/mol. The first-order valence-corrected chi connectivity index (χ1v) is 10.6. The summed E-state index contributed by atoms with van der Waals surface area (Å²) >= 11 is 0. The number of hydrogen-bond donors (Lipinski definition) is 3. The van der Waals surface area contributed by atoms with Gasteiger partial charge in [0.1, 0.15) is 11.3 Å². The van der Waals surface area contributed by atoms with Gasteiger partial charge in [-0.2, -0.15) is 0 Å². The Kier molecular flexibility index (Phi) is 6.26. The van der Waals surface area contributed by atoms with Gasteiger partial charge in [-0.3, -0.25) is 9.59 Å². The number of nitrogens with zero attached hydrogens (tertiary/aromatic N) is 1. The molecule has 0 spiro atoms. The molecule has 6 heteroatoms. The average Bonchev–Trinajstić information content (AvgIpc) is 2.83. The van der Waals surface area contributed by atoms with E-state index in [1.807, 2.05) is 54.6 Å². The maximum absolute atomic E-state index is 12.9. The predicted molar refractivity (Wildman–Crippen MR) is 133 cm³/mol. The van der Waals surface area contributed by atoms with Crippen LogP contribution in [0, 0.1) is 0 Å². The van der Waals surface area contributed by atoms with Gasteiger partial charge in [0, 0.05) is 23.8 Å². The quantitative estimate of drug-likeness (QED) is 0.218. The molecule has 1 unspecified atom stereocenters. The Balaban J connectivity index is 1.61. The molecule has 0 saturated carbocycles. The summed E-state index contributed by atoms with van der Waals surface area (Å²) in [7, 11) is 1.59. The van der Waals surface area contributed by atoms with Crippen molar-refractivity contribution in [2.24, 2.45) is 7.05 Å². The minimum absolute atomic E-state index is 0.120. The van der Waals surface area contributed by atoms with E-state index < -0.39 is 11.3 Å². The molecule has 6 nitrogen and oxygen atoms in total. The van der Waals surface area contributed by atoms with Crippen LogP contribution in [0.15, 0.2) is 95.8 Å². The van der Waals surface area contributed by atoms with Crippen molar-refractivity contribution in [1.82, 2.24) is 4.57 Å². The zero-order chi connectivity index (χ0) is 23.4. The summed E-state index contributed by atoms with van der Waals surface area (Å²) in [6, 6.07) is 24.2. The largest absolute Gasteiger partial charge is 0.506 e. The molecule has 1 atom stereocenters. The molecule has 0 aliphatic rings. The Labute approximate surface area is 191 Å². The van der Waals surface area contributed by atoms with Gasteiger partial charge in [0.25, 0.3) is 5.56 Å². The lowest BCUT2D eigenvalue weighted by molar-refractivity contribution is 0.104. The van der Waals surface area contributed by atoms with E-state index in [4.69, 9.17) is 5.73 Å². The number of carbonyl (C=O) groups excluding carboxylic acids is 1. The first-order chi connectivity index (χ1) is 16.0. The number of carbonyl (C=O) groups is 1. The molecule has 0 fully saturated rings. The number of pyridine rings is 1. The van der Waals surface area contributed by atoms with Gasteiger partial charge in [-0.15, -0.1) is 0 Å². The molecule has 0 radical (unpaired) electrons. The first-order valence-electron chi connectivity index (χ1n) is 10.6. The van der Waals surface area contributed by atoms with Crippen LogP contribution < -0.4 is 16.6 Å². The number of para-hydroxylation sites is 1.